The molecule has 2 aliphatic rings. The summed E-state index contributed by atoms with van der Waals surface area (Å²) in [4.78, 5) is 26.2. The van der Waals surface area contributed by atoms with E-state index in [1.165, 1.54) is 6.07 Å². The number of aromatic nitrogens is 1. The molecule has 1 aromatic rings. The number of hydrogen-bond donors (Lipinski definition) is 0. The second-order valence-corrected chi connectivity index (χ2v) is 8.14. The molecule has 0 N–H and O–H groups in total. The number of carbonyl (C=O) groups excluding carboxylic acids is 2. The molecule has 1 saturated carbocycles. The van der Waals surface area contributed by atoms with Gasteiger partial charge in [-0.1, -0.05) is 25.9 Å². The predicted octanol–water partition coefficient (Wildman–Crippen LogP) is 2.57. The molecule has 2 bridgehead atoms. The highest BCUT2D eigenvalue weighted by atomic mass is 16.6. The number of esters is 1. The molecule has 126 valence electrons. The van der Waals surface area contributed by atoms with Crippen molar-refractivity contribution in [1.82, 2.24) is 10.1 Å². The minimum atomic E-state index is -0.646. The number of carbonyl (C=O) groups is 2. The van der Waals surface area contributed by atoms with Gasteiger partial charge in [-0.2, -0.15) is 0 Å². The summed E-state index contributed by atoms with van der Waals surface area (Å²) in [5.74, 6) is -0.739. The third-order valence-corrected chi connectivity index (χ3v) is 4.89. The molecule has 1 aliphatic carbocycles. The molecule has 6 heteroatoms. The minimum absolute atomic E-state index is 0.0311. The summed E-state index contributed by atoms with van der Waals surface area (Å²) in [6.07, 6.45) is 3.17. The average molecular weight is 320 g/mol. The highest BCUT2D eigenvalue weighted by Crippen LogP contribution is 2.52. The van der Waals surface area contributed by atoms with Crippen LogP contribution in [0.2, 0.25) is 0 Å². The van der Waals surface area contributed by atoms with E-state index in [4.69, 9.17) is 9.26 Å². The van der Waals surface area contributed by atoms with E-state index < -0.39 is 5.97 Å². The van der Waals surface area contributed by atoms with E-state index in [0.717, 1.165) is 25.8 Å². The van der Waals surface area contributed by atoms with Crippen LogP contribution >= 0.6 is 0 Å². The number of rotatable bonds is 3. The molecular weight excluding hydrogens is 296 g/mol. The lowest BCUT2D eigenvalue weighted by Gasteiger charge is -2.39. The lowest BCUT2D eigenvalue weighted by Crippen LogP contribution is -2.39. The molecule has 0 unspecified atom stereocenters. The highest BCUT2D eigenvalue weighted by molar-refractivity contribution is 5.88. The smallest absolute Gasteiger partial charge is 0.377 e. The van der Waals surface area contributed by atoms with Gasteiger partial charge in [0.25, 0.3) is 5.91 Å². The Hall–Kier alpha value is -1.85. The molecule has 3 rings (SSSR count). The van der Waals surface area contributed by atoms with Gasteiger partial charge >= 0.3 is 5.97 Å². The fourth-order valence-electron chi connectivity index (χ4n) is 4.49. The Bertz CT molecular complexity index is 636. The van der Waals surface area contributed by atoms with E-state index >= 15 is 0 Å². The van der Waals surface area contributed by atoms with E-state index in [0.29, 0.717) is 5.69 Å². The SMILES string of the molecule is Cc1cc(C(=O)OCC(=O)N2C[C@]3(C)C[C@H]2CC(C)(C)C3)on1. The van der Waals surface area contributed by atoms with Crippen LogP contribution in [-0.2, 0) is 9.53 Å². The van der Waals surface area contributed by atoms with E-state index in [2.05, 4.69) is 25.9 Å². The van der Waals surface area contributed by atoms with E-state index in [1.807, 2.05) is 4.90 Å². The van der Waals surface area contributed by atoms with Crippen molar-refractivity contribution < 1.29 is 18.8 Å². The number of fused-ring (bicyclic) bond motifs is 2. The van der Waals surface area contributed by atoms with Crippen LogP contribution in [0.5, 0.6) is 0 Å². The normalized spacial score (nSPS) is 28.7. The number of hydrogen-bond acceptors (Lipinski definition) is 5. The van der Waals surface area contributed by atoms with Crippen LogP contribution in [0.3, 0.4) is 0 Å². The third-order valence-electron chi connectivity index (χ3n) is 4.89. The first kappa shape index (κ1) is 16.0. The Labute approximate surface area is 136 Å². The number of nitrogens with zero attached hydrogens (tertiary/aromatic N) is 2. The first-order valence-corrected chi connectivity index (χ1v) is 8.07. The zero-order chi connectivity index (χ0) is 16.8. The summed E-state index contributed by atoms with van der Waals surface area (Å²) in [5, 5.41) is 3.64. The van der Waals surface area contributed by atoms with Gasteiger partial charge < -0.3 is 14.2 Å². The molecule has 0 spiro atoms. The van der Waals surface area contributed by atoms with Crippen LogP contribution in [0, 0.1) is 17.8 Å². The minimum Gasteiger partial charge on any atom is -0.450 e. The Morgan fingerprint density at radius 2 is 2.13 bits per heavy atom. The highest BCUT2D eigenvalue weighted by Gasteiger charge is 2.50. The van der Waals surface area contributed by atoms with Crippen molar-refractivity contribution in [2.75, 3.05) is 13.2 Å². The van der Waals surface area contributed by atoms with Crippen LogP contribution in [0.1, 0.15) is 56.3 Å². The molecule has 2 fully saturated rings. The van der Waals surface area contributed by atoms with Gasteiger partial charge in [0.1, 0.15) is 0 Å². The van der Waals surface area contributed by atoms with Gasteiger partial charge in [-0.05, 0) is 37.0 Å². The van der Waals surface area contributed by atoms with Gasteiger partial charge in [-0.15, -0.1) is 0 Å². The molecule has 1 aliphatic heterocycles. The van der Waals surface area contributed by atoms with Crippen molar-refractivity contribution in [3.63, 3.8) is 0 Å². The summed E-state index contributed by atoms with van der Waals surface area (Å²) in [7, 11) is 0. The van der Waals surface area contributed by atoms with Gasteiger partial charge in [0.2, 0.25) is 5.76 Å². The van der Waals surface area contributed by atoms with Crippen LogP contribution < -0.4 is 0 Å². The van der Waals surface area contributed by atoms with Gasteiger partial charge in [-0.3, -0.25) is 4.79 Å². The largest absolute Gasteiger partial charge is 0.450 e. The number of ether oxygens (including phenoxy) is 1. The summed E-state index contributed by atoms with van der Waals surface area (Å²) in [5.41, 5.74) is 1.03. The first-order chi connectivity index (χ1) is 10.7. The second kappa shape index (κ2) is 5.35. The maximum absolute atomic E-state index is 12.5. The van der Waals surface area contributed by atoms with E-state index in [1.54, 1.807) is 6.92 Å². The van der Waals surface area contributed by atoms with Crippen LogP contribution in [-0.4, -0.2) is 41.1 Å². The fraction of sp³-hybridized carbons (Fsp3) is 0.706. The van der Waals surface area contributed by atoms with Gasteiger partial charge in [0.05, 0.1) is 5.69 Å². The maximum atomic E-state index is 12.5. The maximum Gasteiger partial charge on any atom is 0.377 e. The summed E-state index contributed by atoms with van der Waals surface area (Å²) >= 11 is 0. The van der Waals surface area contributed by atoms with E-state index in [-0.39, 0.29) is 35.1 Å². The molecule has 1 saturated heterocycles. The standard InChI is InChI=1S/C17H24N2O4/c1-11-5-13(23-18-11)15(21)22-8-14(20)19-10-17(4)7-12(19)6-16(2,3)9-17/h5,12H,6-10H2,1-4H3/t12-,17-/m1/s1. The van der Waals surface area contributed by atoms with Gasteiger partial charge in [-0.25, -0.2) is 4.79 Å². The Morgan fingerprint density at radius 1 is 1.39 bits per heavy atom. The molecular formula is C17H24N2O4. The van der Waals surface area contributed by atoms with Crippen LogP contribution in [0.15, 0.2) is 10.6 Å². The van der Waals surface area contributed by atoms with Crippen molar-refractivity contribution in [2.24, 2.45) is 10.8 Å². The van der Waals surface area contributed by atoms with Crippen LogP contribution in [0.4, 0.5) is 0 Å². The van der Waals surface area contributed by atoms with Gasteiger partial charge in [0, 0.05) is 18.7 Å². The molecule has 0 radical (unpaired) electrons. The summed E-state index contributed by atoms with van der Waals surface area (Å²) < 4.78 is 9.93. The Balaban J connectivity index is 1.60. The fourth-order valence-corrected chi connectivity index (χ4v) is 4.49. The van der Waals surface area contributed by atoms with Gasteiger partial charge in [0.15, 0.2) is 6.61 Å². The molecule has 2 heterocycles. The predicted molar refractivity (Wildman–Crippen MR) is 82.8 cm³/mol. The molecule has 2 atom stereocenters. The number of aryl methyl sites for hydroxylation is 1. The van der Waals surface area contributed by atoms with Crippen molar-refractivity contribution in [2.45, 2.75) is 53.0 Å². The van der Waals surface area contributed by atoms with Crippen molar-refractivity contribution >= 4 is 11.9 Å². The lowest BCUT2D eigenvalue weighted by atomic mass is 9.65. The number of amides is 1. The molecule has 23 heavy (non-hydrogen) atoms. The van der Waals surface area contributed by atoms with Crippen LogP contribution in [0.25, 0.3) is 0 Å². The Kier molecular flexibility index (Phi) is 3.73. The average Bonchev–Trinajstić information content (AvgIpc) is 2.96. The Morgan fingerprint density at radius 3 is 2.78 bits per heavy atom. The molecule has 1 aromatic heterocycles. The second-order valence-electron chi connectivity index (χ2n) is 8.14. The van der Waals surface area contributed by atoms with E-state index in [9.17, 15) is 9.59 Å². The number of likely N-dealkylation sites (tertiary alicyclic amines) is 1. The van der Waals surface area contributed by atoms with Crippen molar-refractivity contribution in [1.29, 1.82) is 0 Å². The topological polar surface area (TPSA) is 72.6 Å². The molecule has 6 nitrogen and oxygen atoms in total. The molecule has 1 amide bonds. The third kappa shape index (κ3) is 3.26. The summed E-state index contributed by atoms with van der Waals surface area (Å²) in [6, 6.07) is 1.75. The first-order valence-electron chi connectivity index (χ1n) is 8.07. The van der Waals surface area contributed by atoms with Crippen molar-refractivity contribution in [3.05, 3.63) is 17.5 Å². The summed E-state index contributed by atoms with van der Waals surface area (Å²) in [6.45, 7) is 9.00. The monoisotopic (exact) mass is 320 g/mol. The zero-order valence-electron chi connectivity index (χ0n) is 14.2. The zero-order valence-corrected chi connectivity index (χ0v) is 14.2. The lowest BCUT2D eigenvalue weighted by molar-refractivity contribution is -0.135. The quantitative estimate of drug-likeness (QED) is 0.800. The van der Waals surface area contributed by atoms with Crippen molar-refractivity contribution in [3.8, 4) is 0 Å². The molecule has 0 aromatic carbocycles.